The summed E-state index contributed by atoms with van der Waals surface area (Å²) in [4.78, 5) is 22.4. The van der Waals surface area contributed by atoms with Crippen molar-refractivity contribution in [3.63, 3.8) is 0 Å². The molecule has 0 bridgehead atoms. The van der Waals surface area contributed by atoms with Gasteiger partial charge in [0.05, 0.1) is 36.1 Å². The molecule has 1 aliphatic carbocycles. The van der Waals surface area contributed by atoms with Crippen molar-refractivity contribution >= 4 is 16.8 Å². The summed E-state index contributed by atoms with van der Waals surface area (Å²) in [7, 11) is 0. The third-order valence-corrected chi connectivity index (χ3v) is 6.98. The number of aryl methyl sites for hydroxylation is 1. The molecule has 6 rings (SSSR count). The van der Waals surface area contributed by atoms with Gasteiger partial charge in [-0.15, -0.1) is 0 Å². The Morgan fingerprint density at radius 3 is 2.79 bits per heavy atom. The number of aromatic amines is 2. The van der Waals surface area contributed by atoms with Gasteiger partial charge < -0.3 is 20.1 Å². The van der Waals surface area contributed by atoms with Crippen LogP contribution in [0.15, 0.2) is 30.3 Å². The van der Waals surface area contributed by atoms with Gasteiger partial charge in [0.25, 0.3) is 0 Å². The van der Waals surface area contributed by atoms with Crippen molar-refractivity contribution in [2.75, 3.05) is 0 Å². The van der Waals surface area contributed by atoms with Crippen LogP contribution in [0.3, 0.4) is 0 Å². The zero-order valence-corrected chi connectivity index (χ0v) is 18.6. The van der Waals surface area contributed by atoms with Crippen molar-refractivity contribution < 1.29 is 19.4 Å². The van der Waals surface area contributed by atoms with E-state index in [1.807, 2.05) is 25.1 Å². The van der Waals surface area contributed by atoms with Gasteiger partial charge in [0.2, 0.25) is 5.91 Å². The molecule has 0 atom stereocenters. The van der Waals surface area contributed by atoms with Gasteiger partial charge in [0.15, 0.2) is 17.4 Å². The molecule has 1 amide bonds. The van der Waals surface area contributed by atoms with E-state index in [0.717, 1.165) is 39.0 Å². The lowest BCUT2D eigenvalue weighted by atomic mass is 9.81. The molecule has 0 unspecified atom stereocenters. The lowest BCUT2D eigenvalue weighted by Crippen LogP contribution is -2.41. The summed E-state index contributed by atoms with van der Waals surface area (Å²) in [5.41, 5.74) is 5.64. The van der Waals surface area contributed by atoms with Gasteiger partial charge in [0, 0.05) is 11.3 Å². The third-order valence-electron chi connectivity index (χ3n) is 6.98. The number of carbonyl (C=O) groups excluding carboxylic acids is 1. The molecule has 0 saturated heterocycles. The lowest BCUT2D eigenvalue weighted by Gasteiger charge is -2.33. The van der Waals surface area contributed by atoms with Crippen molar-refractivity contribution in [2.24, 2.45) is 5.92 Å². The maximum atomic E-state index is 14.0. The molecule has 1 fully saturated rings. The third kappa shape index (κ3) is 3.27. The minimum atomic E-state index is -0.649. The molecule has 2 aromatic carbocycles. The van der Waals surface area contributed by atoms with E-state index in [1.165, 1.54) is 12.1 Å². The van der Waals surface area contributed by atoms with Crippen LogP contribution in [-0.4, -0.2) is 47.3 Å². The van der Waals surface area contributed by atoms with E-state index >= 15 is 0 Å². The van der Waals surface area contributed by atoms with E-state index in [9.17, 15) is 19.4 Å². The highest BCUT2D eigenvalue weighted by Crippen LogP contribution is 2.35. The van der Waals surface area contributed by atoms with Gasteiger partial charge in [-0.1, -0.05) is 13.0 Å². The standard InChI is InChI=1S/C25H24FN5O3/c1-2-12-8-22(33)18(26)9-17(12)13-3-4-16-19(7-13)29-30-23(16)24-27-20-10-31(11-21(20)28-24)25(34)14-5-15(32)6-14/h3-4,7-9,14-15,32-33H,2,5-6,10-11H2,1H3,(H,27,28)(H,29,30). The predicted octanol–water partition coefficient (Wildman–Crippen LogP) is 3.64. The summed E-state index contributed by atoms with van der Waals surface area (Å²) in [6.07, 6.45) is 1.39. The van der Waals surface area contributed by atoms with Crippen LogP contribution in [-0.2, 0) is 24.3 Å². The molecule has 174 valence electrons. The van der Waals surface area contributed by atoms with Crippen LogP contribution in [0.25, 0.3) is 33.5 Å². The first-order valence-electron chi connectivity index (χ1n) is 11.5. The summed E-state index contributed by atoms with van der Waals surface area (Å²) in [6.45, 7) is 2.89. The van der Waals surface area contributed by atoms with Gasteiger partial charge >= 0.3 is 0 Å². The van der Waals surface area contributed by atoms with E-state index in [1.54, 1.807) is 4.90 Å². The molecule has 4 N–H and O–H groups in total. The summed E-state index contributed by atoms with van der Waals surface area (Å²) in [6, 6.07) is 8.59. The summed E-state index contributed by atoms with van der Waals surface area (Å²) < 4.78 is 14.0. The van der Waals surface area contributed by atoms with Crippen molar-refractivity contribution in [1.82, 2.24) is 25.1 Å². The number of aliphatic hydroxyl groups is 1. The number of hydrogen-bond donors (Lipinski definition) is 4. The van der Waals surface area contributed by atoms with Crippen LogP contribution >= 0.6 is 0 Å². The Labute approximate surface area is 194 Å². The molecule has 0 spiro atoms. The number of hydrogen-bond acceptors (Lipinski definition) is 5. The molecule has 1 aliphatic heterocycles. The number of aromatic nitrogens is 4. The van der Waals surface area contributed by atoms with Gasteiger partial charge in [-0.25, -0.2) is 9.37 Å². The van der Waals surface area contributed by atoms with Crippen molar-refractivity contribution in [3.05, 3.63) is 53.1 Å². The molecule has 1 saturated carbocycles. The number of fused-ring (bicyclic) bond motifs is 2. The van der Waals surface area contributed by atoms with E-state index in [-0.39, 0.29) is 23.7 Å². The first kappa shape index (κ1) is 20.9. The Balaban J connectivity index is 1.27. The Morgan fingerprint density at radius 2 is 2.06 bits per heavy atom. The van der Waals surface area contributed by atoms with Crippen LogP contribution in [0.4, 0.5) is 4.39 Å². The topological polar surface area (TPSA) is 118 Å². The number of amides is 1. The first-order valence-corrected chi connectivity index (χ1v) is 11.5. The van der Waals surface area contributed by atoms with E-state index in [2.05, 4.69) is 15.2 Å². The number of H-pyrrole nitrogens is 2. The van der Waals surface area contributed by atoms with Crippen molar-refractivity contribution in [2.45, 2.75) is 45.4 Å². The summed E-state index contributed by atoms with van der Waals surface area (Å²) in [5.74, 6) is -0.364. The highest BCUT2D eigenvalue weighted by molar-refractivity contribution is 5.94. The highest BCUT2D eigenvalue weighted by Gasteiger charge is 2.38. The Hall–Kier alpha value is -3.72. The molecule has 4 aromatic rings. The SMILES string of the molecule is CCc1cc(O)c(F)cc1-c1ccc2c(-c3nc4c([nH]3)CN(C(=O)C3CC(O)C3)C4)n[nH]c2c1. The number of phenolic OH excluding ortho intramolecular Hbond substituents is 1. The van der Waals surface area contributed by atoms with Crippen molar-refractivity contribution in [1.29, 1.82) is 0 Å². The molecular weight excluding hydrogens is 437 g/mol. The summed E-state index contributed by atoms with van der Waals surface area (Å²) >= 11 is 0. The number of imidazole rings is 1. The second kappa shape index (κ2) is 7.66. The highest BCUT2D eigenvalue weighted by atomic mass is 19.1. The zero-order chi connectivity index (χ0) is 23.6. The molecule has 34 heavy (non-hydrogen) atoms. The minimum absolute atomic E-state index is 0.0770. The minimum Gasteiger partial charge on any atom is -0.505 e. The Morgan fingerprint density at radius 1 is 1.24 bits per heavy atom. The summed E-state index contributed by atoms with van der Waals surface area (Å²) in [5, 5.41) is 27.6. The van der Waals surface area contributed by atoms with Crippen molar-refractivity contribution in [3.8, 4) is 28.4 Å². The molecular formula is C25H24FN5O3. The monoisotopic (exact) mass is 461 g/mol. The van der Waals surface area contributed by atoms with Crippen LogP contribution in [0.5, 0.6) is 5.75 Å². The second-order valence-electron chi connectivity index (χ2n) is 9.17. The Bertz CT molecular complexity index is 1410. The smallest absolute Gasteiger partial charge is 0.226 e. The van der Waals surface area contributed by atoms with Crippen LogP contribution < -0.4 is 0 Å². The van der Waals surface area contributed by atoms with Gasteiger partial charge in [-0.05, 0) is 60.2 Å². The average Bonchev–Trinajstić information content (AvgIpc) is 3.50. The van der Waals surface area contributed by atoms with Crippen LogP contribution in [0.1, 0.15) is 36.7 Å². The van der Waals surface area contributed by atoms with E-state index < -0.39 is 5.82 Å². The van der Waals surface area contributed by atoms with Crippen LogP contribution in [0, 0.1) is 11.7 Å². The lowest BCUT2D eigenvalue weighted by molar-refractivity contribution is -0.143. The maximum Gasteiger partial charge on any atom is 0.226 e. The number of phenols is 1. The molecule has 0 radical (unpaired) electrons. The first-order chi connectivity index (χ1) is 16.4. The van der Waals surface area contributed by atoms with Crippen LogP contribution in [0.2, 0.25) is 0 Å². The number of aromatic hydroxyl groups is 1. The normalized spacial score (nSPS) is 19.4. The number of nitrogens with zero attached hydrogens (tertiary/aromatic N) is 3. The number of benzene rings is 2. The Kier molecular flexibility index (Phi) is 4.70. The number of carbonyl (C=O) groups is 1. The molecule has 3 heterocycles. The zero-order valence-electron chi connectivity index (χ0n) is 18.6. The largest absolute Gasteiger partial charge is 0.505 e. The fourth-order valence-corrected chi connectivity index (χ4v) is 4.98. The fourth-order valence-electron chi connectivity index (χ4n) is 4.98. The second-order valence-corrected chi connectivity index (χ2v) is 9.17. The molecule has 2 aliphatic rings. The van der Waals surface area contributed by atoms with Gasteiger partial charge in [0.1, 0.15) is 5.69 Å². The van der Waals surface area contributed by atoms with E-state index in [0.29, 0.717) is 43.9 Å². The number of rotatable bonds is 4. The van der Waals surface area contributed by atoms with E-state index in [4.69, 9.17) is 4.98 Å². The number of nitrogens with one attached hydrogen (secondary N) is 2. The molecule has 8 nitrogen and oxygen atoms in total. The predicted molar refractivity (Wildman–Crippen MR) is 123 cm³/mol. The maximum absolute atomic E-state index is 14.0. The number of halogens is 1. The molecule has 9 heteroatoms. The average molecular weight is 461 g/mol. The fraction of sp³-hybridized carbons (Fsp3) is 0.320. The molecule has 2 aromatic heterocycles. The van der Waals surface area contributed by atoms with Gasteiger partial charge in [-0.2, -0.15) is 5.10 Å². The number of aliphatic hydroxyl groups excluding tert-OH is 1. The quantitative estimate of drug-likeness (QED) is 0.370. The van der Waals surface area contributed by atoms with Gasteiger partial charge in [-0.3, -0.25) is 9.89 Å².